The summed E-state index contributed by atoms with van der Waals surface area (Å²) in [7, 11) is -3.40. The van der Waals surface area contributed by atoms with Gasteiger partial charge in [0, 0.05) is 30.3 Å². The molecule has 0 spiro atoms. The highest BCUT2D eigenvalue weighted by atomic mass is 32.2. The van der Waals surface area contributed by atoms with E-state index < -0.39 is 10.0 Å². The Labute approximate surface area is 113 Å². The molecule has 2 N–H and O–H groups in total. The number of thioether (sulfide) groups is 1. The van der Waals surface area contributed by atoms with E-state index in [9.17, 15) is 8.42 Å². The fourth-order valence-electron chi connectivity index (χ4n) is 2.05. The van der Waals surface area contributed by atoms with Crippen molar-refractivity contribution < 1.29 is 8.42 Å². The Kier molecular flexibility index (Phi) is 3.89. The SMILES string of the molecule is Cc1cc(N)c(C)c(S(=O)(=O)N2CCSCC2)c1. The van der Waals surface area contributed by atoms with E-state index in [0.29, 0.717) is 29.2 Å². The first-order valence-corrected chi connectivity index (χ1v) is 8.47. The van der Waals surface area contributed by atoms with Gasteiger partial charge in [-0.1, -0.05) is 0 Å². The van der Waals surface area contributed by atoms with Gasteiger partial charge in [0.1, 0.15) is 0 Å². The Bertz CT molecular complexity index is 549. The van der Waals surface area contributed by atoms with E-state index in [-0.39, 0.29) is 0 Å². The topological polar surface area (TPSA) is 63.4 Å². The van der Waals surface area contributed by atoms with Gasteiger partial charge < -0.3 is 5.73 Å². The van der Waals surface area contributed by atoms with Gasteiger partial charge in [-0.3, -0.25) is 0 Å². The molecule has 1 heterocycles. The van der Waals surface area contributed by atoms with Gasteiger partial charge in [0.25, 0.3) is 0 Å². The number of sulfonamides is 1. The van der Waals surface area contributed by atoms with Crippen LogP contribution >= 0.6 is 11.8 Å². The molecule has 0 radical (unpaired) electrons. The molecular formula is C12H18N2O2S2. The van der Waals surface area contributed by atoms with Gasteiger partial charge in [0.15, 0.2) is 0 Å². The molecule has 18 heavy (non-hydrogen) atoms. The Hall–Kier alpha value is -0.720. The van der Waals surface area contributed by atoms with Gasteiger partial charge in [-0.15, -0.1) is 0 Å². The summed E-state index contributed by atoms with van der Waals surface area (Å²) < 4.78 is 26.7. The maximum Gasteiger partial charge on any atom is 0.243 e. The monoisotopic (exact) mass is 286 g/mol. The molecule has 0 bridgehead atoms. The molecule has 0 aliphatic carbocycles. The largest absolute Gasteiger partial charge is 0.398 e. The summed E-state index contributed by atoms with van der Waals surface area (Å²) in [5, 5.41) is 0. The van der Waals surface area contributed by atoms with Crippen LogP contribution in [0.4, 0.5) is 5.69 Å². The third-order valence-electron chi connectivity index (χ3n) is 3.13. The van der Waals surface area contributed by atoms with Gasteiger partial charge in [0.2, 0.25) is 10.0 Å². The molecule has 1 saturated heterocycles. The summed E-state index contributed by atoms with van der Waals surface area (Å²) in [6.07, 6.45) is 0. The lowest BCUT2D eigenvalue weighted by molar-refractivity contribution is 0.443. The molecule has 100 valence electrons. The molecule has 4 nitrogen and oxygen atoms in total. The summed E-state index contributed by atoms with van der Waals surface area (Å²) in [5.74, 6) is 1.72. The number of hydrogen-bond donors (Lipinski definition) is 1. The van der Waals surface area contributed by atoms with Gasteiger partial charge in [0.05, 0.1) is 4.90 Å². The predicted octanol–water partition coefficient (Wildman–Crippen LogP) is 1.62. The highest BCUT2D eigenvalue weighted by Gasteiger charge is 2.28. The molecule has 0 amide bonds. The third-order valence-corrected chi connectivity index (χ3v) is 6.10. The van der Waals surface area contributed by atoms with Gasteiger partial charge in [-0.2, -0.15) is 16.1 Å². The summed E-state index contributed by atoms with van der Waals surface area (Å²) in [5.41, 5.74) is 7.93. The van der Waals surface area contributed by atoms with Crippen molar-refractivity contribution in [1.29, 1.82) is 0 Å². The second-order valence-corrected chi connectivity index (χ2v) is 7.62. The number of hydrogen-bond acceptors (Lipinski definition) is 4. The van der Waals surface area contributed by atoms with E-state index in [4.69, 9.17) is 5.73 Å². The van der Waals surface area contributed by atoms with Gasteiger partial charge in [-0.05, 0) is 37.1 Å². The fourth-order valence-corrected chi connectivity index (χ4v) is 4.96. The van der Waals surface area contributed by atoms with Crippen LogP contribution in [0.5, 0.6) is 0 Å². The Balaban J connectivity index is 2.46. The lowest BCUT2D eigenvalue weighted by atomic mass is 10.1. The molecule has 2 rings (SSSR count). The molecule has 1 aromatic rings. The Morgan fingerprint density at radius 1 is 1.22 bits per heavy atom. The van der Waals surface area contributed by atoms with Crippen molar-refractivity contribution in [2.75, 3.05) is 30.3 Å². The van der Waals surface area contributed by atoms with Crippen molar-refractivity contribution in [3.8, 4) is 0 Å². The van der Waals surface area contributed by atoms with Gasteiger partial charge in [-0.25, -0.2) is 8.42 Å². The highest BCUT2D eigenvalue weighted by molar-refractivity contribution is 7.99. The van der Waals surface area contributed by atoms with E-state index >= 15 is 0 Å². The van der Waals surface area contributed by atoms with Crippen LogP contribution in [0.15, 0.2) is 17.0 Å². The predicted molar refractivity (Wildman–Crippen MR) is 76.4 cm³/mol. The normalized spacial score (nSPS) is 17.9. The lowest BCUT2D eigenvalue weighted by Gasteiger charge is -2.26. The second-order valence-electron chi connectivity index (χ2n) is 4.49. The summed E-state index contributed by atoms with van der Waals surface area (Å²) in [4.78, 5) is 0.354. The zero-order chi connectivity index (χ0) is 13.3. The highest BCUT2D eigenvalue weighted by Crippen LogP contribution is 2.27. The molecule has 0 aromatic heterocycles. The molecule has 6 heteroatoms. The number of anilines is 1. The molecule has 1 fully saturated rings. The summed E-state index contributed by atoms with van der Waals surface area (Å²) >= 11 is 1.79. The van der Waals surface area contributed by atoms with Crippen LogP contribution in [0, 0.1) is 13.8 Å². The average molecular weight is 286 g/mol. The molecule has 1 aliphatic rings. The smallest absolute Gasteiger partial charge is 0.243 e. The van der Waals surface area contributed by atoms with Crippen molar-refractivity contribution in [3.63, 3.8) is 0 Å². The van der Waals surface area contributed by atoms with Crippen molar-refractivity contribution >= 4 is 27.5 Å². The second kappa shape index (κ2) is 5.11. The summed E-state index contributed by atoms with van der Waals surface area (Å²) in [6, 6.07) is 3.52. The first-order valence-electron chi connectivity index (χ1n) is 5.87. The Morgan fingerprint density at radius 2 is 1.83 bits per heavy atom. The molecule has 0 atom stereocenters. The lowest BCUT2D eigenvalue weighted by Crippen LogP contribution is -2.38. The van der Waals surface area contributed by atoms with Crippen molar-refractivity contribution in [1.82, 2.24) is 4.31 Å². The fraction of sp³-hybridized carbons (Fsp3) is 0.500. The quantitative estimate of drug-likeness (QED) is 0.839. The first-order chi connectivity index (χ1) is 8.43. The maximum atomic E-state index is 12.6. The number of nitrogens with two attached hydrogens (primary N) is 1. The van der Waals surface area contributed by atoms with Crippen LogP contribution in [0.3, 0.4) is 0 Å². The van der Waals surface area contributed by atoms with E-state index in [1.54, 1.807) is 35.1 Å². The van der Waals surface area contributed by atoms with E-state index in [1.807, 2.05) is 6.92 Å². The van der Waals surface area contributed by atoms with Crippen molar-refractivity contribution in [2.24, 2.45) is 0 Å². The molecular weight excluding hydrogens is 268 g/mol. The molecule has 0 saturated carbocycles. The van der Waals surface area contributed by atoms with Crippen molar-refractivity contribution in [3.05, 3.63) is 23.3 Å². The van der Waals surface area contributed by atoms with Crippen LogP contribution in [0.25, 0.3) is 0 Å². The molecule has 0 unspecified atom stereocenters. The molecule has 1 aliphatic heterocycles. The average Bonchev–Trinajstić information content (AvgIpc) is 2.34. The van der Waals surface area contributed by atoms with Crippen LogP contribution < -0.4 is 5.73 Å². The van der Waals surface area contributed by atoms with Crippen LogP contribution in [0.1, 0.15) is 11.1 Å². The van der Waals surface area contributed by atoms with Crippen LogP contribution in [0.2, 0.25) is 0 Å². The van der Waals surface area contributed by atoms with E-state index in [2.05, 4.69) is 0 Å². The number of nitrogens with zero attached hydrogens (tertiary/aromatic N) is 1. The summed E-state index contributed by atoms with van der Waals surface area (Å²) in [6.45, 7) is 4.79. The third kappa shape index (κ3) is 2.50. The van der Waals surface area contributed by atoms with Crippen LogP contribution in [-0.4, -0.2) is 37.3 Å². The first kappa shape index (κ1) is 13.7. The molecule has 1 aromatic carbocycles. The standard InChI is InChI=1S/C12H18N2O2S2/c1-9-7-11(13)10(2)12(8-9)18(15,16)14-3-5-17-6-4-14/h7-8H,3-6,13H2,1-2H3. The zero-order valence-corrected chi connectivity index (χ0v) is 12.3. The van der Waals surface area contributed by atoms with E-state index in [0.717, 1.165) is 17.1 Å². The number of rotatable bonds is 2. The van der Waals surface area contributed by atoms with Crippen molar-refractivity contribution in [2.45, 2.75) is 18.7 Å². The maximum absolute atomic E-state index is 12.6. The number of benzene rings is 1. The number of aryl methyl sites for hydroxylation is 1. The minimum atomic E-state index is -3.40. The minimum absolute atomic E-state index is 0.354. The van der Waals surface area contributed by atoms with E-state index in [1.165, 1.54) is 0 Å². The Morgan fingerprint density at radius 3 is 2.44 bits per heavy atom. The zero-order valence-electron chi connectivity index (χ0n) is 10.6. The van der Waals surface area contributed by atoms with Crippen LogP contribution in [-0.2, 0) is 10.0 Å². The minimum Gasteiger partial charge on any atom is -0.398 e. The van der Waals surface area contributed by atoms with Gasteiger partial charge >= 0.3 is 0 Å². The number of nitrogen functional groups attached to an aromatic ring is 1.